The lowest BCUT2D eigenvalue weighted by Crippen LogP contribution is -2.75. The highest BCUT2D eigenvalue weighted by atomic mass is 32.1. The highest BCUT2D eigenvalue weighted by molar-refractivity contribution is 7.15. The minimum Gasteiger partial charge on any atom is -0.210 e. The van der Waals surface area contributed by atoms with Crippen LogP contribution in [0.3, 0.4) is 0 Å². The molecule has 0 radical (unpaired) electrons. The molecular weight excluding hydrogens is 448 g/mol. The Kier molecular flexibility index (Phi) is 5.44. The lowest BCUT2D eigenvalue weighted by atomic mass is 9.49. The monoisotopic (exact) mass is 483 g/mol. The van der Waals surface area contributed by atoms with Crippen LogP contribution in [0, 0.1) is 6.92 Å². The van der Waals surface area contributed by atoms with Crippen LogP contribution in [0.4, 0.5) is 0 Å². The summed E-state index contributed by atoms with van der Waals surface area (Å²) >= 11 is 1.93. The predicted molar refractivity (Wildman–Crippen MR) is 143 cm³/mol. The maximum Gasteiger partial charge on any atom is 0.214 e. The van der Waals surface area contributed by atoms with E-state index in [9.17, 15) is 0 Å². The van der Waals surface area contributed by atoms with Gasteiger partial charge in [-0.3, -0.25) is 0 Å². The Bertz CT molecular complexity index is 1390. The number of unbranched alkanes of at least 4 members (excludes halogenated alkanes) is 1. The fourth-order valence-electron chi connectivity index (χ4n) is 6.79. The Balaban J connectivity index is 1.43. The molecule has 0 saturated heterocycles. The Morgan fingerprint density at radius 1 is 1.03 bits per heavy atom. The first-order valence-corrected chi connectivity index (χ1v) is 14.1. The van der Waals surface area contributed by atoms with E-state index in [2.05, 4.69) is 97.4 Å². The van der Waals surface area contributed by atoms with E-state index >= 15 is 0 Å². The van der Waals surface area contributed by atoms with Crippen LogP contribution < -0.4 is 4.57 Å². The maximum absolute atomic E-state index is 4.63. The number of thiophene rings is 1. The third-order valence-electron chi connectivity index (χ3n) is 8.91. The molecule has 1 saturated carbocycles. The van der Waals surface area contributed by atoms with Crippen LogP contribution in [0.2, 0.25) is 0 Å². The molecule has 4 nitrogen and oxygen atoms in total. The molecule has 0 amide bonds. The topological polar surface area (TPSA) is 34.6 Å². The Labute approximate surface area is 212 Å². The van der Waals surface area contributed by atoms with E-state index in [0.29, 0.717) is 0 Å². The van der Waals surface area contributed by atoms with Gasteiger partial charge < -0.3 is 0 Å². The fourth-order valence-corrected chi connectivity index (χ4v) is 8.27. The Hall–Kier alpha value is -2.79. The molecule has 2 unspecified atom stereocenters. The summed E-state index contributed by atoms with van der Waals surface area (Å²) in [6.07, 6.45) is 12.8. The normalized spacial score (nSPS) is 22.3. The summed E-state index contributed by atoms with van der Waals surface area (Å²) in [5.74, 6) is 0. The van der Waals surface area contributed by atoms with Gasteiger partial charge in [-0.15, -0.1) is 16.4 Å². The van der Waals surface area contributed by atoms with Crippen molar-refractivity contribution in [2.75, 3.05) is 0 Å². The van der Waals surface area contributed by atoms with E-state index in [-0.39, 0.29) is 11.0 Å². The van der Waals surface area contributed by atoms with Gasteiger partial charge in [0, 0.05) is 35.4 Å². The van der Waals surface area contributed by atoms with E-state index in [4.69, 9.17) is 0 Å². The molecule has 0 bridgehead atoms. The molecule has 3 aromatic heterocycles. The molecule has 0 N–H and O–H groups in total. The molecule has 6 rings (SSSR count). The van der Waals surface area contributed by atoms with E-state index in [1.54, 1.807) is 4.88 Å². The maximum atomic E-state index is 4.63. The summed E-state index contributed by atoms with van der Waals surface area (Å²) in [6.45, 7) is 9.16. The highest BCUT2D eigenvalue weighted by Gasteiger charge is 2.68. The standard InChI is InChI=1S/C30H35N4S/c1-5-8-11-22-14-13-21(4)23(18-22)25-20-34(32-31-25)27-19-24-26-12-9-10-17-33(26)30(7-3)16-15-29(30,6-2)28(24)35-27/h9-10,12-14,17-20H,5-8,11,15-16H2,1-4H3/q+1. The van der Waals surface area contributed by atoms with Crippen LogP contribution in [-0.4, -0.2) is 15.0 Å². The van der Waals surface area contributed by atoms with Gasteiger partial charge in [0.1, 0.15) is 10.7 Å². The van der Waals surface area contributed by atoms with E-state index in [1.165, 1.54) is 60.1 Å². The first-order valence-electron chi connectivity index (χ1n) is 13.3. The van der Waals surface area contributed by atoms with Gasteiger partial charge in [0.15, 0.2) is 11.7 Å². The molecule has 4 heterocycles. The van der Waals surface area contributed by atoms with Gasteiger partial charge in [0.05, 0.1) is 17.2 Å². The smallest absolute Gasteiger partial charge is 0.210 e. The second-order valence-corrected chi connectivity index (χ2v) is 11.4. The summed E-state index contributed by atoms with van der Waals surface area (Å²) in [6, 6.07) is 15.8. The number of aromatic nitrogens is 4. The first kappa shape index (κ1) is 22.7. The summed E-state index contributed by atoms with van der Waals surface area (Å²) in [5.41, 5.74) is 7.92. The lowest BCUT2D eigenvalue weighted by molar-refractivity contribution is -0.783. The molecule has 4 aromatic rings. The average molecular weight is 484 g/mol. The molecule has 2 aliphatic rings. The van der Waals surface area contributed by atoms with Gasteiger partial charge in [-0.25, -0.2) is 4.68 Å². The number of benzene rings is 1. The number of pyridine rings is 1. The van der Waals surface area contributed by atoms with Gasteiger partial charge in [0.25, 0.3) is 0 Å². The molecule has 180 valence electrons. The molecule has 1 fully saturated rings. The third kappa shape index (κ3) is 3.13. The fraction of sp³-hybridized carbons (Fsp3) is 0.433. The first-order chi connectivity index (χ1) is 17.1. The molecule has 2 atom stereocenters. The van der Waals surface area contributed by atoms with Gasteiger partial charge in [-0.2, -0.15) is 4.57 Å². The second kappa shape index (κ2) is 8.41. The Morgan fingerprint density at radius 3 is 2.66 bits per heavy atom. The van der Waals surface area contributed by atoms with Gasteiger partial charge in [0.2, 0.25) is 5.69 Å². The van der Waals surface area contributed by atoms with Crippen LogP contribution in [-0.2, 0) is 17.4 Å². The van der Waals surface area contributed by atoms with Crippen LogP contribution in [0.15, 0.2) is 54.9 Å². The Morgan fingerprint density at radius 2 is 1.91 bits per heavy atom. The zero-order chi connectivity index (χ0) is 24.2. The number of aryl methyl sites for hydroxylation is 2. The quantitative estimate of drug-likeness (QED) is 0.261. The molecule has 0 spiro atoms. The summed E-state index contributed by atoms with van der Waals surface area (Å²) < 4.78 is 4.59. The molecule has 1 aliphatic heterocycles. The van der Waals surface area contributed by atoms with Crippen LogP contribution in [0.1, 0.15) is 75.3 Å². The average Bonchev–Trinajstić information content (AvgIpc) is 3.52. The summed E-state index contributed by atoms with van der Waals surface area (Å²) in [5, 5.41) is 10.4. The molecule has 5 heteroatoms. The zero-order valence-electron chi connectivity index (χ0n) is 21.3. The largest absolute Gasteiger partial charge is 0.214 e. The SMILES string of the molecule is CCCCc1ccc(C)c(-c2cn(-c3cc4c(s3)C3(CC)CCC3(CC)[n+]3ccccc3-4)nn2)c1. The second-order valence-electron chi connectivity index (χ2n) is 10.4. The number of rotatable bonds is 7. The molecular formula is C30H35N4S+. The predicted octanol–water partition coefficient (Wildman–Crippen LogP) is 7.16. The lowest BCUT2D eigenvalue weighted by Gasteiger charge is -2.56. The van der Waals surface area contributed by atoms with E-state index < -0.39 is 0 Å². The van der Waals surface area contributed by atoms with Crippen LogP contribution >= 0.6 is 11.3 Å². The van der Waals surface area contributed by atoms with Crippen molar-refractivity contribution in [2.24, 2.45) is 0 Å². The van der Waals surface area contributed by atoms with Gasteiger partial charge >= 0.3 is 0 Å². The number of nitrogens with zero attached hydrogens (tertiary/aromatic N) is 4. The summed E-state index contributed by atoms with van der Waals surface area (Å²) in [4.78, 5) is 1.55. The number of fused-ring (bicyclic) bond motifs is 6. The van der Waals surface area contributed by atoms with Crippen molar-refractivity contribution in [2.45, 2.75) is 83.6 Å². The minimum atomic E-state index is 0.192. The third-order valence-corrected chi connectivity index (χ3v) is 10.2. The van der Waals surface area contributed by atoms with Gasteiger partial charge in [-0.1, -0.05) is 44.5 Å². The number of hydrogen-bond donors (Lipinski definition) is 0. The van der Waals surface area contributed by atoms with Crippen molar-refractivity contribution in [1.29, 1.82) is 0 Å². The molecule has 1 aromatic carbocycles. The van der Waals surface area contributed by atoms with Crippen molar-refractivity contribution >= 4 is 11.3 Å². The minimum absolute atomic E-state index is 0.192. The van der Waals surface area contributed by atoms with Gasteiger partial charge in [-0.05, 0) is 61.9 Å². The zero-order valence-corrected chi connectivity index (χ0v) is 22.2. The van der Waals surface area contributed by atoms with Crippen molar-refractivity contribution in [1.82, 2.24) is 15.0 Å². The van der Waals surface area contributed by atoms with E-state index in [0.717, 1.165) is 23.5 Å². The van der Waals surface area contributed by atoms with Crippen molar-refractivity contribution in [3.05, 3.63) is 70.9 Å². The van der Waals surface area contributed by atoms with Crippen LogP contribution in [0.25, 0.3) is 27.5 Å². The molecule has 1 aliphatic carbocycles. The van der Waals surface area contributed by atoms with Crippen molar-refractivity contribution < 1.29 is 4.57 Å². The summed E-state index contributed by atoms with van der Waals surface area (Å²) in [7, 11) is 0. The molecule has 35 heavy (non-hydrogen) atoms. The van der Waals surface area contributed by atoms with Crippen LogP contribution in [0.5, 0.6) is 0 Å². The van der Waals surface area contributed by atoms with Crippen molar-refractivity contribution in [3.8, 4) is 27.5 Å². The number of hydrogen-bond acceptors (Lipinski definition) is 3. The van der Waals surface area contributed by atoms with E-state index in [1.807, 2.05) is 16.0 Å². The van der Waals surface area contributed by atoms with Crippen molar-refractivity contribution in [3.63, 3.8) is 0 Å². The highest BCUT2D eigenvalue weighted by Crippen LogP contribution is 2.63.